The van der Waals surface area contributed by atoms with Gasteiger partial charge in [0.05, 0.1) is 10.2 Å². The summed E-state index contributed by atoms with van der Waals surface area (Å²) in [5, 5.41) is 2.81. The molecule has 0 bridgehead atoms. The van der Waals surface area contributed by atoms with E-state index in [1.54, 1.807) is 0 Å². The Morgan fingerprint density at radius 3 is 2.73 bits per heavy atom. The molecule has 1 aromatic carbocycles. The Labute approximate surface area is 69.1 Å². The maximum absolute atomic E-state index is 2.27. The van der Waals surface area contributed by atoms with E-state index in [2.05, 4.69) is 41.9 Å². The summed E-state index contributed by atoms with van der Waals surface area (Å²) in [6.07, 6.45) is 0. The zero-order chi connectivity index (χ0) is 7.84. The minimum absolute atomic E-state index is 1.13. The van der Waals surface area contributed by atoms with Crippen molar-refractivity contribution in [2.24, 2.45) is 7.05 Å². The third kappa shape index (κ3) is 0.905. The number of aromatic nitrogens is 1. The fourth-order valence-electron chi connectivity index (χ4n) is 1.43. The van der Waals surface area contributed by atoms with Gasteiger partial charge in [0, 0.05) is 12.6 Å². The number of hydrogen-bond acceptors (Lipinski definition) is 0. The van der Waals surface area contributed by atoms with Crippen LogP contribution in [0.3, 0.4) is 0 Å². The summed E-state index contributed by atoms with van der Waals surface area (Å²) in [6, 6.07) is 10.8. The number of fused-ring (bicyclic) bond motifs is 1. The molecule has 1 aromatic heterocycles. The van der Waals surface area contributed by atoms with Gasteiger partial charge in [0.2, 0.25) is 0 Å². The molecule has 0 N–H and O–H groups in total. The van der Waals surface area contributed by atoms with Crippen LogP contribution in [-0.4, -0.2) is 14.8 Å². The highest BCUT2D eigenvalue weighted by Gasteiger charge is 1.98. The molecule has 0 amide bonds. The molecule has 11 heavy (non-hydrogen) atoms. The highest BCUT2D eigenvalue weighted by Crippen LogP contribution is 2.10. The average molecular weight is 161 g/mol. The molecule has 0 aliphatic carbocycles. The van der Waals surface area contributed by atoms with Crippen LogP contribution in [0.5, 0.6) is 0 Å². The Kier molecular flexibility index (Phi) is 1.36. The van der Waals surface area contributed by atoms with Gasteiger partial charge in [-0.15, -0.1) is 0 Å². The summed E-state index contributed by atoms with van der Waals surface area (Å²) in [5.41, 5.74) is 1.34. The number of benzene rings is 1. The molecule has 2 heteroatoms. The molecule has 1 nitrogen and oxygen atoms in total. The lowest BCUT2D eigenvalue weighted by molar-refractivity contribution is 1.00. The van der Waals surface area contributed by atoms with Gasteiger partial charge >= 0.3 is 0 Å². The monoisotopic (exact) mass is 161 g/mol. The van der Waals surface area contributed by atoms with Gasteiger partial charge in [-0.25, -0.2) is 0 Å². The van der Waals surface area contributed by atoms with Crippen LogP contribution in [0.2, 0.25) is 0 Å². The van der Waals surface area contributed by atoms with E-state index in [1.165, 1.54) is 16.2 Å². The van der Waals surface area contributed by atoms with Gasteiger partial charge in [-0.3, -0.25) is 0 Å². The van der Waals surface area contributed by atoms with E-state index in [0.29, 0.717) is 0 Å². The van der Waals surface area contributed by atoms with Crippen LogP contribution in [0.15, 0.2) is 30.3 Å². The van der Waals surface area contributed by atoms with Crippen LogP contribution in [0.25, 0.3) is 10.9 Å². The zero-order valence-corrected chi connectivity index (χ0v) is 8.83. The van der Waals surface area contributed by atoms with Gasteiger partial charge in [-0.2, -0.15) is 0 Å². The standard InChI is InChI=1S/C9H11NSi/c1-10-8-5-3-2-4-7(8)6-9(10)11/h2-6H,1,11H3. The molecule has 2 aromatic rings. The number of para-hydroxylation sites is 1. The Hall–Kier alpha value is -1.02. The summed E-state index contributed by atoms with van der Waals surface area (Å²) in [5.74, 6) is 0. The van der Waals surface area contributed by atoms with Crippen molar-refractivity contribution in [3.8, 4) is 0 Å². The van der Waals surface area contributed by atoms with Crippen molar-refractivity contribution in [3.63, 3.8) is 0 Å². The van der Waals surface area contributed by atoms with Gasteiger partial charge in [0.15, 0.2) is 0 Å². The first-order chi connectivity index (χ1) is 5.29. The summed E-state index contributed by atoms with van der Waals surface area (Å²) < 4.78 is 2.27. The molecular weight excluding hydrogens is 150 g/mol. The molecule has 0 atom stereocenters. The highest BCUT2D eigenvalue weighted by molar-refractivity contribution is 6.32. The van der Waals surface area contributed by atoms with Crippen LogP contribution in [0.1, 0.15) is 0 Å². The molecule has 0 spiro atoms. The molecule has 0 saturated heterocycles. The van der Waals surface area contributed by atoms with E-state index in [1.807, 2.05) is 0 Å². The third-order valence-electron chi connectivity index (χ3n) is 2.19. The van der Waals surface area contributed by atoms with E-state index in [-0.39, 0.29) is 0 Å². The minimum atomic E-state index is 1.13. The zero-order valence-electron chi connectivity index (χ0n) is 6.83. The molecule has 0 saturated carbocycles. The van der Waals surface area contributed by atoms with Gasteiger partial charge in [0.25, 0.3) is 0 Å². The van der Waals surface area contributed by atoms with Gasteiger partial charge in [-0.1, -0.05) is 18.2 Å². The lowest BCUT2D eigenvalue weighted by atomic mass is 10.2. The van der Waals surface area contributed by atoms with E-state index >= 15 is 0 Å². The van der Waals surface area contributed by atoms with Crippen molar-refractivity contribution in [2.75, 3.05) is 0 Å². The van der Waals surface area contributed by atoms with Crippen LogP contribution < -0.4 is 5.32 Å². The second-order valence-corrected chi connectivity index (χ2v) is 3.93. The van der Waals surface area contributed by atoms with Gasteiger partial charge < -0.3 is 4.57 Å². The Bertz CT molecular complexity index is 389. The van der Waals surface area contributed by atoms with E-state index in [9.17, 15) is 0 Å². The quantitative estimate of drug-likeness (QED) is 0.485. The predicted octanol–water partition coefficient (Wildman–Crippen LogP) is 0.169. The van der Waals surface area contributed by atoms with Gasteiger partial charge in [-0.05, 0) is 22.8 Å². The van der Waals surface area contributed by atoms with Crippen molar-refractivity contribution in [1.82, 2.24) is 4.57 Å². The highest BCUT2D eigenvalue weighted by atomic mass is 28.1. The molecule has 1 heterocycles. The minimum Gasteiger partial charge on any atom is -0.353 e. The Morgan fingerprint density at radius 1 is 1.27 bits per heavy atom. The van der Waals surface area contributed by atoms with Crippen molar-refractivity contribution in [2.45, 2.75) is 0 Å². The van der Waals surface area contributed by atoms with Crippen molar-refractivity contribution >= 4 is 26.5 Å². The maximum Gasteiger partial charge on any atom is 0.0595 e. The smallest absolute Gasteiger partial charge is 0.0595 e. The maximum atomic E-state index is 2.27. The Morgan fingerprint density at radius 2 is 2.00 bits per heavy atom. The van der Waals surface area contributed by atoms with E-state index < -0.39 is 0 Å². The largest absolute Gasteiger partial charge is 0.353 e. The fourth-order valence-corrected chi connectivity index (χ4v) is 1.98. The third-order valence-corrected chi connectivity index (χ3v) is 3.15. The SMILES string of the molecule is Cn1c([SiH3])cc2ccccc21. The summed E-state index contributed by atoms with van der Waals surface area (Å²) >= 11 is 0. The number of hydrogen-bond donors (Lipinski definition) is 0. The van der Waals surface area contributed by atoms with Crippen molar-refractivity contribution in [1.29, 1.82) is 0 Å². The number of aryl methyl sites for hydroxylation is 1. The summed E-state index contributed by atoms with van der Waals surface area (Å²) in [7, 11) is 3.26. The number of rotatable bonds is 0. The van der Waals surface area contributed by atoms with Crippen LogP contribution in [0, 0.1) is 0 Å². The molecule has 2 rings (SSSR count). The van der Waals surface area contributed by atoms with Crippen LogP contribution in [0.4, 0.5) is 0 Å². The van der Waals surface area contributed by atoms with Crippen molar-refractivity contribution < 1.29 is 0 Å². The lowest BCUT2D eigenvalue weighted by Gasteiger charge is -1.96. The first-order valence-electron chi connectivity index (χ1n) is 3.80. The fraction of sp³-hybridized carbons (Fsp3) is 0.111. The molecule has 56 valence electrons. The van der Waals surface area contributed by atoms with E-state index in [4.69, 9.17) is 0 Å². The summed E-state index contributed by atoms with van der Waals surface area (Å²) in [6.45, 7) is 0. The molecule has 0 unspecified atom stereocenters. The first kappa shape index (κ1) is 6.67. The van der Waals surface area contributed by atoms with Gasteiger partial charge in [0.1, 0.15) is 0 Å². The first-order valence-corrected chi connectivity index (χ1v) is 4.80. The normalized spacial score (nSPS) is 11.0. The summed E-state index contributed by atoms with van der Waals surface area (Å²) in [4.78, 5) is 0. The predicted molar refractivity (Wildman–Crippen MR) is 52.5 cm³/mol. The van der Waals surface area contributed by atoms with E-state index in [0.717, 1.165) is 10.2 Å². The molecule has 0 radical (unpaired) electrons. The number of nitrogens with zero attached hydrogens (tertiary/aromatic N) is 1. The second kappa shape index (κ2) is 2.24. The Balaban J connectivity index is 2.92. The molecular formula is C9H11NSi. The van der Waals surface area contributed by atoms with Crippen LogP contribution in [-0.2, 0) is 7.05 Å². The molecule has 0 aliphatic heterocycles. The molecule has 0 aliphatic rings. The average Bonchev–Trinajstić information content (AvgIpc) is 2.30. The second-order valence-electron chi connectivity index (χ2n) is 2.90. The topological polar surface area (TPSA) is 4.93 Å². The lowest BCUT2D eigenvalue weighted by Crippen LogP contribution is -2.11. The molecule has 0 fully saturated rings. The van der Waals surface area contributed by atoms with Crippen LogP contribution >= 0.6 is 0 Å². The van der Waals surface area contributed by atoms with Crippen molar-refractivity contribution in [3.05, 3.63) is 30.3 Å².